The highest BCUT2D eigenvalue weighted by Crippen LogP contribution is 2.29. The number of amidine groups is 1. The number of hydrogen-bond donors (Lipinski definition) is 1. The smallest absolute Gasteiger partial charge is 0.328 e. The summed E-state index contributed by atoms with van der Waals surface area (Å²) in [6.45, 7) is 3.99. The van der Waals surface area contributed by atoms with Crippen LogP contribution in [0.2, 0.25) is 0 Å². The standard InChI is InChI=1S/C14H18N2O2S/c1-3-18-13(17)10(2)15-14-16-12(9-19-14)11-7-5-4-6-8-11/h4-8,10,12H,3,9H2,1-2H3,(H,15,16). The van der Waals surface area contributed by atoms with E-state index >= 15 is 0 Å². The number of carbonyl (C=O) groups is 1. The van der Waals surface area contributed by atoms with Crippen molar-refractivity contribution in [2.75, 3.05) is 12.4 Å². The number of rotatable bonds is 4. The van der Waals surface area contributed by atoms with Crippen molar-refractivity contribution in [2.24, 2.45) is 4.99 Å². The summed E-state index contributed by atoms with van der Waals surface area (Å²) in [4.78, 5) is 16.1. The third kappa shape index (κ3) is 3.73. The molecule has 0 amide bonds. The number of esters is 1. The predicted molar refractivity (Wildman–Crippen MR) is 78.3 cm³/mol. The lowest BCUT2D eigenvalue weighted by atomic mass is 10.1. The van der Waals surface area contributed by atoms with E-state index in [2.05, 4.69) is 22.4 Å². The number of nitrogens with one attached hydrogen (secondary N) is 1. The van der Waals surface area contributed by atoms with Crippen molar-refractivity contribution in [3.8, 4) is 0 Å². The van der Waals surface area contributed by atoms with Crippen LogP contribution >= 0.6 is 11.8 Å². The van der Waals surface area contributed by atoms with Crippen molar-refractivity contribution < 1.29 is 9.53 Å². The van der Waals surface area contributed by atoms with E-state index in [0.717, 1.165) is 10.9 Å². The van der Waals surface area contributed by atoms with E-state index in [0.29, 0.717) is 6.61 Å². The maximum Gasteiger partial charge on any atom is 0.328 e. The monoisotopic (exact) mass is 278 g/mol. The summed E-state index contributed by atoms with van der Waals surface area (Å²) in [5.74, 6) is 0.663. The molecule has 2 atom stereocenters. The van der Waals surface area contributed by atoms with Crippen LogP contribution < -0.4 is 5.32 Å². The molecule has 0 fully saturated rings. The Balaban J connectivity index is 1.94. The summed E-state index contributed by atoms with van der Waals surface area (Å²) in [6, 6.07) is 9.99. The SMILES string of the molecule is CCOC(=O)C(C)NC1=NC(c2ccccc2)CS1. The zero-order chi connectivity index (χ0) is 13.7. The third-order valence-electron chi connectivity index (χ3n) is 2.82. The molecule has 19 heavy (non-hydrogen) atoms. The van der Waals surface area contributed by atoms with Gasteiger partial charge in [0.1, 0.15) is 6.04 Å². The van der Waals surface area contributed by atoms with Crippen molar-refractivity contribution in [2.45, 2.75) is 25.9 Å². The van der Waals surface area contributed by atoms with Crippen LogP contribution in [0.1, 0.15) is 25.5 Å². The van der Waals surface area contributed by atoms with Crippen LogP contribution in [0.25, 0.3) is 0 Å². The Hall–Kier alpha value is -1.49. The molecule has 1 heterocycles. The van der Waals surface area contributed by atoms with E-state index in [4.69, 9.17) is 4.74 Å². The molecule has 5 heteroatoms. The largest absolute Gasteiger partial charge is 0.464 e. The first-order valence-corrected chi connectivity index (χ1v) is 7.38. The fourth-order valence-corrected chi connectivity index (χ4v) is 2.85. The van der Waals surface area contributed by atoms with Gasteiger partial charge in [-0.25, -0.2) is 4.79 Å². The summed E-state index contributed by atoms with van der Waals surface area (Å²) in [6.07, 6.45) is 0. The van der Waals surface area contributed by atoms with Gasteiger partial charge in [-0.05, 0) is 19.4 Å². The van der Waals surface area contributed by atoms with Crippen molar-refractivity contribution in [1.29, 1.82) is 0 Å². The molecule has 1 aromatic carbocycles. The lowest BCUT2D eigenvalue weighted by molar-refractivity contribution is -0.144. The molecule has 0 spiro atoms. The molecular formula is C14H18N2O2S. The molecule has 1 N–H and O–H groups in total. The van der Waals surface area contributed by atoms with Gasteiger partial charge in [0.05, 0.1) is 12.6 Å². The van der Waals surface area contributed by atoms with Gasteiger partial charge in [-0.1, -0.05) is 42.1 Å². The van der Waals surface area contributed by atoms with Gasteiger partial charge < -0.3 is 10.1 Å². The van der Waals surface area contributed by atoms with Gasteiger partial charge in [0.15, 0.2) is 5.17 Å². The molecule has 2 unspecified atom stereocenters. The maximum atomic E-state index is 11.5. The van der Waals surface area contributed by atoms with E-state index in [1.165, 1.54) is 5.56 Å². The molecule has 2 rings (SSSR count). The van der Waals surface area contributed by atoms with E-state index in [1.54, 1.807) is 25.6 Å². The van der Waals surface area contributed by atoms with Crippen molar-refractivity contribution >= 4 is 22.9 Å². The summed E-state index contributed by atoms with van der Waals surface area (Å²) < 4.78 is 4.96. The Morgan fingerprint density at radius 3 is 2.95 bits per heavy atom. The lowest BCUT2D eigenvalue weighted by Gasteiger charge is -2.12. The highest BCUT2D eigenvalue weighted by Gasteiger charge is 2.23. The van der Waals surface area contributed by atoms with Gasteiger partial charge in [0.25, 0.3) is 0 Å². The van der Waals surface area contributed by atoms with E-state index in [9.17, 15) is 4.79 Å². The molecule has 1 aliphatic heterocycles. The van der Waals surface area contributed by atoms with Crippen LogP contribution in [0.4, 0.5) is 0 Å². The minimum absolute atomic E-state index is 0.170. The number of ether oxygens (including phenoxy) is 1. The first kappa shape index (κ1) is 13.9. The average molecular weight is 278 g/mol. The fourth-order valence-electron chi connectivity index (χ4n) is 1.81. The first-order chi connectivity index (χ1) is 9.20. The molecule has 102 valence electrons. The normalized spacial score (nSPS) is 19.7. The first-order valence-electron chi connectivity index (χ1n) is 6.39. The second kappa shape index (κ2) is 6.61. The second-order valence-electron chi connectivity index (χ2n) is 4.29. The van der Waals surface area contributed by atoms with E-state index < -0.39 is 0 Å². The minimum atomic E-state index is -0.360. The number of thioether (sulfide) groups is 1. The molecule has 0 radical (unpaired) electrons. The fraction of sp³-hybridized carbons (Fsp3) is 0.429. The minimum Gasteiger partial charge on any atom is -0.464 e. The maximum absolute atomic E-state index is 11.5. The Labute approximate surface area is 117 Å². The Morgan fingerprint density at radius 2 is 2.26 bits per heavy atom. The Morgan fingerprint density at radius 1 is 1.53 bits per heavy atom. The van der Waals surface area contributed by atoms with Crippen LogP contribution in [0.5, 0.6) is 0 Å². The highest BCUT2D eigenvalue weighted by molar-refractivity contribution is 8.14. The topological polar surface area (TPSA) is 50.7 Å². The van der Waals surface area contributed by atoms with Gasteiger partial charge in [0.2, 0.25) is 0 Å². The molecule has 1 aromatic rings. The van der Waals surface area contributed by atoms with Crippen LogP contribution in [0.15, 0.2) is 35.3 Å². The number of benzene rings is 1. The van der Waals surface area contributed by atoms with Crippen molar-refractivity contribution in [3.63, 3.8) is 0 Å². The zero-order valence-electron chi connectivity index (χ0n) is 11.1. The summed E-state index contributed by atoms with van der Waals surface area (Å²) >= 11 is 1.64. The molecular weight excluding hydrogens is 260 g/mol. The van der Waals surface area contributed by atoms with E-state index in [-0.39, 0.29) is 18.1 Å². The van der Waals surface area contributed by atoms with Gasteiger partial charge in [0, 0.05) is 5.75 Å². The van der Waals surface area contributed by atoms with E-state index in [1.807, 2.05) is 18.2 Å². The average Bonchev–Trinajstić information content (AvgIpc) is 2.88. The number of aliphatic imine (C=N–C) groups is 1. The van der Waals surface area contributed by atoms with Crippen LogP contribution in [0.3, 0.4) is 0 Å². The molecule has 1 aliphatic rings. The van der Waals surface area contributed by atoms with Gasteiger partial charge >= 0.3 is 5.97 Å². The molecule has 0 aromatic heterocycles. The Bertz CT molecular complexity index is 462. The Kier molecular flexibility index (Phi) is 4.85. The van der Waals surface area contributed by atoms with Gasteiger partial charge in [-0.2, -0.15) is 0 Å². The number of hydrogen-bond acceptors (Lipinski definition) is 5. The van der Waals surface area contributed by atoms with Crippen molar-refractivity contribution in [3.05, 3.63) is 35.9 Å². The predicted octanol–water partition coefficient (Wildman–Crippen LogP) is 2.37. The number of nitrogens with zero attached hydrogens (tertiary/aromatic N) is 1. The molecule has 0 saturated carbocycles. The molecule has 0 aliphatic carbocycles. The quantitative estimate of drug-likeness (QED) is 0.859. The lowest BCUT2D eigenvalue weighted by Crippen LogP contribution is -2.37. The summed E-state index contributed by atoms with van der Waals surface area (Å²) in [7, 11) is 0. The highest BCUT2D eigenvalue weighted by atomic mass is 32.2. The third-order valence-corrected chi connectivity index (χ3v) is 3.79. The van der Waals surface area contributed by atoms with Crippen molar-refractivity contribution in [1.82, 2.24) is 5.32 Å². The van der Waals surface area contributed by atoms with Crippen LogP contribution in [-0.2, 0) is 9.53 Å². The second-order valence-corrected chi connectivity index (χ2v) is 5.30. The molecule has 0 bridgehead atoms. The van der Waals surface area contributed by atoms with Crippen LogP contribution in [-0.4, -0.2) is 29.5 Å². The van der Waals surface area contributed by atoms with Gasteiger partial charge in [-0.3, -0.25) is 4.99 Å². The van der Waals surface area contributed by atoms with Crippen LogP contribution in [0, 0.1) is 0 Å². The zero-order valence-corrected chi connectivity index (χ0v) is 11.9. The summed E-state index contributed by atoms with van der Waals surface area (Å²) in [5, 5.41) is 3.92. The van der Waals surface area contributed by atoms with Gasteiger partial charge in [-0.15, -0.1) is 0 Å². The molecule has 4 nitrogen and oxygen atoms in total. The number of carbonyl (C=O) groups excluding carboxylic acids is 1. The molecule has 0 saturated heterocycles. The summed E-state index contributed by atoms with van der Waals surface area (Å²) in [5.41, 5.74) is 1.20.